The van der Waals surface area contributed by atoms with Gasteiger partial charge in [-0.2, -0.15) is 0 Å². The van der Waals surface area contributed by atoms with Crippen LogP contribution >= 0.6 is 0 Å². The number of benzene rings is 2. The molecule has 51 heavy (non-hydrogen) atoms. The van der Waals surface area contributed by atoms with E-state index in [1.807, 2.05) is 38.1 Å². The Kier molecular flexibility index (Phi) is 14.6. The van der Waals surface area contributed by atoms with Gasteiger partial charge in [0.25, 0.3) is 0 Å². The second-order valence-electron chi connectivity index (χ2n) is 18.3. The minimum absolute atomic E-state index is 0.225. The van der Waals surface area contributed by atoms with Gasteiger partial charge in [-0.1, -0.05) is 50.2 Å². The molecule has 6 atom stereocenters. The lowest BCUT2D eigenvalue weighted by atomic mass is 9.84. The molecule has 0 spiro atoms. The Balaban J connectivity index is 2.47. The first kappa shape index (κ1) is 44.4. The quantitative estimate of drug-likeness (QED) is 0.126. The van der Waals surface area contributed by atoms with Crippen molar-refractivity contribution in [2.24, 2.45) is 0 Å². The molecule has 2 aromatic rings. The molecule has 1 aliphatic rings. The largest absolute Gasteiger partial charge is 0.409 e. The van der Waals surface area contributed by atoms with Crippen LogP contribution in [0.1, 0.15) is 68.0 Å². The van der Waals surface area contributed by atoms with Crippen molar-refractivity contribution >= 4 is 33.3 Å². The van der Waals surface area contributed by atoms with Crippen molar-refractivity contribution in [3.63, 3.8) is 0 Å². The van der Waals surface area contributed by atoms with E-state index in [-0.39, 0.29) is 18.8 Å². The van der Waals surface area contributed by atoms with Gasteiger partial charge >= 0.3 is 0 Å². The van der Waals surface area contributed by atoms with Crippen molar-refractivity contribution in [1.82, 2.24) is 0 Å². The number of methoxy groups -OCH3 is 1. The SMILES string of the molecule is CCc1ccc(C(O)c2ccc(COC(C)(C)OC)c(C3(O[Si](C)(C)C)O[C@H](CC)[C@@H](O[Si](C)(C)C)[C@H](O[Si](C)(C)C)[C@H]3O[Si](C)(C)C)c2)cc1. The molecule has 0 aliphatic carbocycles. The first-order chi connectivity index (χ1) is 23.2. The van der Waals surface area contributed by atoms with Crippen LogP contribution < -0.4 is 0 Å². The van der Waals surface area contributed by atoms with E-state index in [9.17, 15) is 5.11 Å². The van der Waals surface area contributed by atoms with Crippen LogP contribution in [0.3, 0.4) is 0 Å². The number of ether oxygens (including phenoxy) is 3. The zero-order valence-electron chi connectivity index (χ0n) is 34.9. The van der Waals surface area contributed by atoms with Gasteiger partial charge in [0.1, 0.15) is 18.3 Å². The molecule has 1 N–H and O–H groups in total. The van der Waals surface area contributed by atoms with E-state index in [0.29, 0.717) is 6.42 Å². The third-order valence-electron chi connectivity index (χ3n) is 8.61. The highest BCUT2D eigenvalue weighted by Gasteiger charge is 2.61. The van der Waals surface area contributed by atoms with Gasteiger partial charge in [0, 0.05) is 12.7 Å². The molecule has 12 heteroatoms. The second kappa shape index (κ2) is 16.8. The van der Waals surface area contributed by atoms with Gasteiger partial charge in [0.05, 0.1) is 18.8 Å². The van der Waals surface area contributed by atoms with Crippen molar-refractivity contribution in [3.8, 4) is 0 Å². The molecule has 0 amide bonds. The van der Waals surface area contributed by atoms with Gasteiger partial charge in [0.15, 0.2) is 39.1 Å². The van der Waals surface area contributed by atoms with Crippen LogP contribution in [-0.2, 0) is 50.7 Å². The molecular weight excluding hydrogens is 709 g/mol. The molecule has 290 valence electrons. The topological polar surface area (TPSA) is 84.8 Å². The lowest BCUT2D eigenvalue weighted by Gasteiger charge is -2.57. The molecule has 1 saturated heterocycles. The average Bonchev–Trinajstić information content (AvgIpc) is 3.00. The number of hydrogen-bond donors (Lipinski definition) is 1. The van der Waals surface area contributed by atoms with E-state index in [1.54, 1.807) is 7.11 Å². The van der Waals surface area contributed by atoms with Gasteiger partial charge < -0.3 is 37.0 Å². The van der Waals surface area contributed by atoms with Crippen LogP contribution in [0, 0.1) is 0 Å². The summed E-state index contributed by atoms with van der Waals surface area (Å²) in [5, 5.41) is 11.9. The predicted octanol–water partition coefficient (Wildman–Crippen LogP) is 9.70. The van der Waals surface area contributed by atoms with Crippen LogP contribution in [0.15, 0.2) is 42.5 Å². The second-order valence-corrected chi connectivity index (χ2v) is 36.1. The van der Waals surface area contributed by atoms with Gasteiger partial charge in [-0.05, 0) is 134 Å². The molecular formula is C39H70O8Si4. The van der Waals surface area contributed by atoms with E-state index in [1.165, 1.54) is 5.56 Å². The predicted molar refractivity (Wildman–Crippen MR) is 218 cm³/mol. The van der Waals surface area contributed by atoms with Crippen LogP contribution in [0.2, 0.25) is 78.6 Å². The minimum atomic E-state index is -2.42. The molecule has 8 nitrogen and oxygen atoms in total. The number of aliphatic hydroxyl groups excluding tert-OH is 1. The van der Waals surface area contributed by atoms with Crippen molar-refractivity contribution in [1.29, 1.82) is 0 Å². The Labute approximate surface area is 314 Å². The van der Waals surface area contributed by atoms with Gasteiger partial charge in [-0.25, -0.2) is 0 Å². The van der Waals surface area contributed by atoms with Gasteiger partial charge in [-0.15, -0.1) is 0 Å². The molecule has 0 aromatic heterocycles. The van der Waals surface area contributed by atoms with E-state index >= 15 is 0 Å². The fourth-order valence-corrected chi connectivity index (χ4v) is 10.8. The third kappa shape index (κ3) is 12.5. The van der Waals surface area contributed by atoms with Crippen LogP contribution in [0.5, 0.6) is 0 Å². The summed E-state index contributed by atoms with van der Waals surface area (Å²) in [6.07, 6.45) is -1.10. The zero-order valence-corrected chi connectivity index (χ0v) is 38.9. The Morgan fingerprint density at radius 2 is 1.27 bits per heavy atom. The van der Waals surface area contributed by atoms with Gasteiger partial charge in [-0.3, -0.25) is 0 Å². The standard InChI is InChI=1S/C39H70O8Si4/c1-18-28-20-22-29(23-21-28)34(40)30-24-25-31(27-42-38(3,4)41-5)32(26-30)39(47-51(15,16)17)37(46-50(12,13)14)36(45-49(9,10)11)35(33(19-2)43-39)44-48(6,7)8/h20-26,33-37,40H,18-19,27H2,1-17H3/t33-,34?,35-,36+,37-,39?/m1/s1. The first-order valence-electron chi connectivity index (χ1n) is 18.7. The lowest BCUT2D eigenvalue weighted by molar-refractivity contribution is -0.337. The Morgan fingerprint density at radius 3 is 1.75 bits per heavy atom. The van der Waals surface area contributed by atoms with Crippen molar-refractivity contribution in [2.45, 2.75) is 168 Å². The molecule has 2 aromatic carbocycles. The van der Waals surface area contributed by atoms with E-state index < -0.39 is 63.2 Å². The Hall–Kier alpha value is -1.01. The maximum absolute atomic E-state index is 11.9. The molecule has 0 saturated carbocycles. The summed E-state index contributed by atoms with van der Waals surface area (Å²) in [4.78, 5) is 0. The van der Waals surface area contributed by atoms with Crippen LogP contribution in [0.4, 0.5) is 0 Å². The first-order valence-corrected chi connectivity index (χ1v) is 32.4. The number of rotatable bonds is 17. The third-order valence-corrected chi connectivity index (χ3v) is 12.4. The van der Waals surface area contributed by atoms with Crippen molar-refractivity contribution in [2.75, 3.05) is 7.11 Å². The zero-order chi connectivity index (χ0) is 38.8. The average molecular weight is 779 g/mol. The molecule has 1 heterocycles. The molecule has 2 unspecified atom stereocenters. The molecule has 1 aliphatic heterocycles. The Bertz CT molecular complexity index is 1410. The van der Waals surface area contributed by atoms with E-state index in [0.717, 1.165) is 28.7 Å². The molecule has 0 bridgehead atoms. The van der Waals surface area contributed by atoms with Gasteiger partial charge in [0.2, 0.25) is 5.79 Å². The summed E-state index contributed by atoms with van der Waals surface area (Å²) in [6, 6.07) is 14.2. The summed E-state index contributed by atoms with van der Waals surface area (Å²) in [6.45, 7) is 34.7. The maximum Gasteiger partial charge on any atom is 0.214 e. The normalized spacial score (nSPS) is 24.5. The highest BCUT2D eigenvalue weighted by atomic mass is 28.4. The van der Waals surface area contributed by atoms with Crippen LogP contribution in [0.25, 0.3) is 0 Å². The maximum atomic E-state index is 11.9. The highest BCUT2D eigenvalue weighted by molar-refractivity contribution is 6.71. The van der Waals surface area contributed by atoms with E-state index in [2.05, 4.69) is 111 Å². The number of aliphatic hydroxyl groups is 1. The highest BCUT2D eigenvalue weighted by Crippen LogP contribution is 2.49. The summed E-state index contributed by atoms with van der Waals surface area (Å²) >= 11 is 0. The summed E-state index contributed by atoms with van der Waals surface area (Å²) in [5.41, 5.74) is 4.41. The lowest BCUT2D eigenvalue weighted by Crippen LogP contribution is -2.70. The van der Waals surface area contributed by atoms with Crippen LogP contribution in [-0.4, -0.2) is 75.7 Å². The molecule has 1 fully saturated rings. The molecule has 0 radical (unpaired) electrons. The summed E-state index contributed by atoms with van der Waals surface area (Å²) in [5.74, 6) is -2.23. The minimum Gasteiger partial charge on any atom is -0.409 e. The van der Waals surface area contributed by atoms with Crippen molar-refractivity contribution in [3.05, 3.63) is 70.3 Å². The summed E-state index contributed by atoms with van der Waals surface area (Å²) in [7, 11) is -7.36. The monoisotopic (exact) mass is 778 g/mol. The van der Waals surface area contributed by atoms with E-state index in [4.69, 9.17) is 31.9 Å². The van der Waals surface area contributed by atoms with Crippen molar-refractivity contribution < 1.29 is 37.0 Å². The molecule has 3 rings (SSSR count). The summed E-state index contributed by atoms with van der Waals surface area (Å²) < 4.78 is 48.7. The fourth-order valence-electron chi connectivity index (χ4n) is 6.35. The Morgan fingerprint density at radius 1 is 0.745 bits per heavy atom. The number of aryl methyl sites for hydroxylation is 1. The fraction of sp³-hybridized carbons (Fsp3) is 0.692. The smallest absolute Gasteiger partial charge is 0.214 e. The number of hydrogen-bond acceptors (Lipinski definition) is 8.